The van der Waals surface area contributed by atoms with Gasteiger partial charge >= 0.3 is 11.9 Å². The van der Waals surface area contributed by atoms with E-state index >= 15 is 0 Å². The van der Waals surface area contributed by atoms with Crippen molar-refractivity contribution in [1.82, 2.24) is 0 Å². The number of nitrogens with two attached hydrogens (primary N) is 1. The molecule has 0 amide bonds. The van der Waals surface area contributed by atoms with Crippen molar-refractivity contribution in [3.05, 3.63) is 0 Å². The monoisotopic (exact) mass is 219 g/mol. The van der Waals surface area contributed by atoms with Crippen molar-refractivity contribution < 1.29 is 24.5 Å². The minimum atomic E-state index is -1.43. The molecule has 6 heteroatoms. The summed E-state index contributed by atoms with van der Waals surface area (Å²) in [6.07, 6.45) is -1.71. The summed E-state index contributed by atoms with van der Waals surface area (Å²) in [5.41, 5.74) is 4.26. The highest BCUT2D eigenvalue weighted by Gasteiger charge is 2.32. The van der Waals surface area contributed by atoms with E-state index in [4.69, 9.17) is 20.7 Å². The number of carbonyl (C=O) groups excluding carboxylic acids is 1. The molecular weight excluding hydrogens is 202 g/mol. The van der Waals surface area contributed by atoms with Gasteiger partial charge in [-0.3, -0.25) is 9.59 Å². The lowest BCUT2D eigenvalue weighted by Crippen LogP contribution is -2.36. The zero-order valence-electron chi connectivity index (χ0n) is 9.06. The minimum Gasteiger partial charge on any atom is -0.481 e. The van der Waals surface area contributed by atoms with Crippen molar-refractivity contribution in [1.29, 1.82) is 0 Å². The summed E-state index contributed by atoms with van der Waals surface area (Å²) in [5, 5.41) is 17.5. The van der Waals surface area contributed by atoms with E-state index in [1.165, 1.54) is 0 Å². The number of hydrogen-bond acceptors (Lipinski definition) is 5. The topological polar surface area (TPSA) is 110 Å². The zero-order chi connectivity index (χ0) is 12.2. The van der Waals surface area contributed by atoms with Crippen LogP contribution in [0.3, 0.4) is 0 Å². The van der Waals surface area contributed by atoms with Gasteiger partial charge < -0.3 is 20.7 Å². The van der Waals surface area contributed by atoms with E-state index in [2.05, 4.69) is 0 Å². The molecule has 0 saturated heterocycles. The maximum Gasteiger partial charge on any atom is 0.320 e. The molecule has 6 nitrogen and oxygen atoms in total. The zero-order valence-corrected chi connectivity index (χ0v) is 9.06. The highest BCUT2D eigenvalue weighted by molar-refractivity contribution is 5.94. The van der Waals surface area contributed by atoms with Gasteiger partial charge in [0.2, 0.25) is 0 Å². The molecule has 0 aromatic rings. The molecule has 0 bridgehead atoms. The SMILES string of the molecule is CC(C)(C)OC(=O)C(CC(N)O)C(=O)O. The number of rotatable bonds is 4. The predicted octanol–water partition coefficient (Wildman–Crippen LogP) is -0.304. The van der Waals surface area contributed by atoms with Crippen molar-refractivity contribution in [2.24, 2.45) is 11.7 Å². The van der Waals surface area contributed by atoms with Crippen molar-refractivity contribution >= 4 is 11.9 Å². The van der Waals surface area contributed by atoms with E-state index in [1.54, 1.807) is 20.8 Å². The third kappa shape index (κ3) is 6.03. The fourth-order valence-corrected chi connectivity index (χ4v) is 0.912. The standard InChI is InChI=1S/C9H17NO5/c1-9(2,3)15-8(14)5(7(12)13)4-6(10)11/h5-6,11H,4,10H2,1-3H3,(H,12,13). The Labute approximate surface area is 88.0 Å². The van der Waals surface area contributed by atoms with Crippen molar-refractivity contribution in [3.63, 3.8) is 0 Å². The van der Waals surface area contributed by atoms with Gasteiger partial charge in [-0.25, -0.2) is 0 Å². The van der Waals surface area contributed by atoms with Crippen LogP contribution >= 0.6 is 0 Å². The normalized spacial score (nSPS) is 15.5. The summed E-state index contributed by atoms with van der Waals surface area (Å²) in [6, 6.07) is 0. The quantitative estimate of drug-likeness (QED) is 0.340. The number of ether oxygens (including phenoxy) is 1. The molecule has 0 aliphatic rings. The molecule has 2 unspecified atom stereocenters. The highest BCUT2D eigenvalue weighted by atomic mass is 16.6. The second-order valence-corrected chi connectivity index (χ2v) is 4.23. The van der Waals surface area contributed by atoms with Crippen molar-refractivity contribution in [3.8, 4) is 0 Å². The average molecular weight is 219 g/mol. The van der Waals surface area contributed by atoms with Gasteiger partial charge in [-0.05, 0) is 20.8 Å². The van der Waals surface area contributed by atoms with Gasteiger partial charge in [-0.2, -0.15) is 0 Å². The molecular formula is C9H17NO5. The summed E-state index contributed by atoms with van der Waals surface area (Å²) >= 11 is 0. The lowest BCUT2D eigenvalue weighted by Gasteiger charge is -2.22. The summed E-state index contributed by atoms with van der Waals surface area (Å²) < 4.78 is 4.88. The Kier molecular flexibility index (Phi) is 4.70. The lowest BCUT2D eigenvalue weighted by atomic mass is 10.0. The van der Waals surface area contributed by atoms with Gasteiger partial charge in [0.1, 0.15) is 11.8 Å². The number of aliphatic hydroxyl groups is 1. The fourth-order valence-electron chi connectivity index (χ4n) is 0.912. The second kappa shape index (κ2) is 5.09. The van der Waals surface area contributed by atoms with Crippen LogP contribution in [-0.2, 0) is 14.3 Å². The number of aliphatic hydroxyl groups excluding tert-OH is 1. The first kappa shape index (κ1) is 13.9. The number of carboxylic acid groups (broad SMARTS) is 1. The van der Waals surface area contributed by atoms with Gasteiger partial charge in [0.25, 0.3) is 0 Å². The molecule has 2 atom stereocenters. The molecule has 0 spiro atoms. The van der Waals surface area contributed by atoms with Crippen LogP contribution in [-0.4, -0.2) is 34.0 Å². The average Bonchev–Trinajstić information content (AvgIpc) is 1.95. The summed E-state index contributed by atoms with van der Waals surface area (Å²) in [7, 11) is 0. The van der Waals surface area contributed by atoms with Gasteiger partial charge in [0.05, 0.1) is 0 Å². The maximum absolute atomic E-state index is 11.4. The number of hydrogen-bond donors (Lipinski definition) is 3. The van der Waals surface area contributed by atoms with E-state index in [0.717, 1.165) is 0 Å². The Morgan fingerprint density at radius 2 is 1.87 bits per heavy atom. The van der Waals surface area contributed by atoms with E-state index in [9.17, 15) is 9.59 Å². The molecule has 0 aromatic carbocycles. The second-order valence-electron chi connectivity index (χ2n) is 4.23. The van der Waals surface area contributed by atoms with Crippen molar-refractivity contribution in [2.45, 2.75) is 39.0 Å². The van der Waals surface area contributed by atoms with E-state index < -0.39 is 29.7 Å². The molecule has 0 heterocycles. The summed E-state index contributed by atoms with van der Waals surface area (Å²) in [6.45, 7) is 4.88. The Morgan fingerprint density at radius 1 is 1.40 bits per heavy atom. The van der Waals surface area contributed by atoms with Gasteiger partial charge in [-0.15, -0.1) is 0 Å². The van der Waals surface area contributed by atoms with Crippen LogP contribution < -0.4 is 5.73 Å². The van der Waals surface area contributed by atoms with E-state index in [0.29, 0.717) is 0 Å². The Bertz CT molecular complexity index is 243. The lowest BCUT2D eigenvalue weighted by molar-refractivity contribution is -0.168. The number of carboxylic acids is 1. The Morgan fingerprint density at radius 3 is 2.13 bits per heavy atom. The fraction of sp³-hybridized carbons (Fsp3) is 0.778. The highest BCUT2D eigenvalue weighted by Crippen LogP contribution is 2.14. The number of aliphatic carboxylic acids is 1. The van der Waals surface area contributed by atoms with Gasteiger partial charge in [0.15, 0.2) is 5.92 Å². The van der Waals surface area contributed by atoms with Crippen LogP contribution in [0.25, 0.3) is 0 Å². The van der Waals surface area contributed by atoms with Crippen LogP contribution in [0.4, 0.5) is 0 Å². The first-order chi connectivity index (χ1) is 6.63. The first-order valence-corrected chi connectivity index (χ1v) is 4.53. The van der Waals surface area contributed by atoms with Gasteiger partial charge in [-0.1, -0.05) is 0 Å². The van der Waals surface area contributed by atoms with Gasteiger partial charge in [0, 0.05) is 6.42 Å². The Hall–Kier alpha value is -1.14. The molecule has 88 valence electrons. The Balaban J connectivity index is 4.50. The first-order valence-electron chi connectivity index (χ1n) is 4.53. The van der Waals surface area contributed by atoms with Crippen LogP contribution in [0.1, 0.15) is 27.2 Å². The molecule has 0 fully saturated rings. The number of carbonyl (C=O) groups is 2. The molecule has 4 N–H and O–H groups in total. The molecule has 0 aliphatic carbocycles. The molecule has 0 aliphatic heterocycles. The third-order valence-electron chi connectivity index (χ3n) is 1.47. The molecule has 15 heavy (non-hydrogen) atoms. The molecule has 0 aromatic heterocycles. The van der Waals surface area contributed by atoms with E-state index in [-0.39, 0.29) is 6.42 Å². The summed E-state index contributed by atoms with van der Waals surface area (Å²) in [5.74, 6) is -3.67. The number of esters is 1. The van der Waals surface area contributed by atoms with Crippen LogP contribution in [0.5, 0.6) is 0 Å². The predicted molar refractivity (Wildman–Crippen MR) is 51.8 cm³/mol. The minimum absolute atomic E-state index is 0.357. The van der Waals surface area contributed by atoms with Crippen LogP contribution in [0.15, 0.2) is 0 Å². The maximum atomic E-state index is 11.4. The van der Waals surface area contributed by atoms with Crippen LogP contribution in [0.2, 0.25) is 0 Å². The molecule has 0 radical (unpaired) electrons. The van der Waals surface area contributed by atoms with Crippen molar-refractivity contribution in [2.75, 3.05) is 0 Å². The van der Waals surface area contributed by atoms with Crippen LogP contribution in [0, 0.1) is 5.92 Å². The third-order valence-corrected chi connectivity index (χ3v) is 1.47. The largest absolute Gasteiger partial charge is 0.481 e. The van der Waals surface area contributed by atoms with E-state index in [1.807, 2.05) is 0 Å². The smallest absolute Gasteiger partial charge is 0.320 e. The summed E-state index contributed by atoms with van der Waals surface area (Å²) in [4.78, 5) is 22.1. The molecule has 0 saturated carbocycles. The molecule has 0 rings (SSSR count).